The molecule has 0 amide bonds. The number of carbonyl (C=O) groups is 1. The number of aromatic nitrogens is 2. The minimum Gasteiger partial charge on any atom is -0.456 e. The number of esters is 1. The molecule has 0 fully saturated rings. The third kappa shape index (κ3) is 5.80. The van der Waals surface area contributed by atoms with Gasteiger partial charge in [-0.05, 0) is 31.0 Å². The number of hydrogen-bond donors (Lipinski definition) is 0. The van der Waals surface area contributed by atoms with Crippen molar-refractivity contribution in [1.82, 2.24) is 14.4 Å². The molecule has 170 valence electrons. The molecule has 0 atom stereocenters. The Bertz CT molecular complexity index is 1140. The van der Waals surface area contributed by atoms with Crippen LogP contribution in [0, 0.1) is 6.92 Å². The highest BCUT2D eigenvalue weighted by molar-refractivity contribution is 7.89. The molecule has 1 aromatic heterocycles. The normalized spacial score (nSPS) is 11.6. The van der Waals surface area contributed by atoms with Gasteiger partial charge >= 0.3 is 5.97 Å². The Hall–Kier alpha value is -3.04. The number of benzene rings is 2. The van der Waals surface area contributed by atoms with Crippen LogP contribution in [0.3, 0.4) is 0 Å². The van der Waals surface area contributed by atoms with Crippen molar-refractivity contribution < 1.29 is 22.5 Å². The third-order valence-electron chi connectivity index (χ3n) is 5.02. The highest BCUT2D eigenvalue weighted by Crippen LogP contribution is 2.18. The minimum absolute atomic E-state index is 0.0985. The maximum atomic E-state index is 12.5. The van der Waals surface area contributed by atoms with Gasteiger partial charge in [-0.15, -0.1) is 0 Å². The summed E-state index contributed by atoms with van der Waals surface area (Å²) in [5, 5.41) is 3.91. The molecule has 3 aromatic rings. The lowest BCUT2D eigenvalue weighted by Crippen LogP contribution is -2.30. The van der Waals surface area contributed by atoms with Crippen LogP contribution in [-0.4, -0.2) is 41.9 Å². The Morgan fingerprint density at radius 3 is 2.31 bits per heavy atom. The molecule has 0 aliphatic carbocycles. The van der Waals surface area contributed by atoms with Gasteiger partial charge in [-0.3, -0.25) is 4.79 Å². The van der Waals surface area contributed by atoms with Gasteiger partial charge in [-0.25, -0.2) is 8.42 Å². The van der Waals surface area contributed by atoms with E-state index in [1.165, 1.54) is 4.31 Å². The zero-order valence-electron chi connectivity index (χ0n) is 18.4. The van der Waals surface area contributed by atoms with Crippen LogP contribution < -0.4 is 0 Å². The van der Waals surface area contributed by atoms with Crippen LogP contribution in [0.4, 0.5) is 0 Å². The predicted molar refractivity (Wildman–Crippen MR) is 119 cm³/mol. The van der Waals surface area contributed by atoms with Gasteiger partial charge in [-0.2, -0.15) is 9.29 Å². The van der Waals surface area contributed by atoms with Gasteiger partial charge in [0, 0.05) is 25.1 Å². The van der Waals surface area contributed by atoms with Crippen LogP contribution in [-0.2, 0) is 32.6 Å². The Kier molecular flexibility index (Phi) is 7.76. The smallest absolute Gasteiger partial charge is 0.306 e. The molecule has 0 saturated heterocycles. The first kappa shape index (κ1) is 23.6. The van der Waals surface area contributed by atoms with Gasteiger partial charge in [0.15, 0.2) is 6.61 Å². The summed E-state index contributed by atoms with van der Waals surface area (Å²) >= 11 is 0. The van der Waals surface area contributed by atoms with E-state index in [0.29, 0.717) is 25.3 Å². The monoisotopic (exact) mass is 457 g/mol. The first-order valence-electron chi connectivity index (χ1n) is 10.5. The molecular formula is C23H27N3O5S. The minimum atomic E-state index is -3.49. The van der Waals surface area contributed by atoms with Crippen LogP contribution in [0.2, 0.25) is 0 Å². The number of nitrogens with zero attached hydrogens (tertiary/aromatic N) is 3. The zero-order valence-corrected chi connectivity index (χ0v) is 19.3. The Morgan fingerprint density at radius 1 is 1.03 bits per heavy atom. The summed E-state index contributed by atoms with van der Waals surface area (Å²) in [6.07, 6.45) is 0.587. The van der Waals surface area contributed by atoms with Crippen molar-refractivity contribution in [3.63, 3.8) is 0 Å². The van der Waals surface area contributed by atoms with Gasteiger partial charge in [0.1, 0.15) is 0 Å². The van der Waals surface area contributed by atoms with E-state index in [9.17, 15) is 13.2 Å². The van der Waals surface area contributed by atoms with Crippen LogP contribution in [0.15, 0.2) is 57.9 Å². The zero-order chi connectivity index (χ0) is 23.1. The number of ether oxygens (including phenoxy) is 1. The average Bonchev–Trinajstić information content (AvgIpc) is 3.27. The van der Waals surface area contributed by atoms with E-state index in [1.54, 1.807) is 38.1 Å². The fraction of sp³-hybridized carbons (Fsp3) is 0.348. The van der Waals surface area contributed by atoms with Crippen molar-refractivity contribution in [2.75, 3.05) is 13.1 Å². The largest absolute Gasteiger partial charge is 0.456 e. The van der Waals surface area contributed by atoms with Crippen molar-refractivity contribution in [2.45, 2.75) is 45.1 Å². The summed E-state index contributed by atoms with van der Waals surface area (Å²) in [7, 11) is -3.49. The SMILES string of the molecule is CCN(CC)S(=O)(=O)c1ccc(CCC(=O)OCc2nc(-c3ccc(C)cc3)no2)cc1. The average molecular weight is 458 g/mol. The Balaban J connectivity index is 1.50. The Morgan fingerprint density at radius 2 is 1.69 bits per heavy atom. The van der Waals surface area contributed by atoms with E-state index in [4.69, 9.17) is 9.26 Å². The summed E-state index contributed by atoms with van der Waals surface area (Å²) < 4.78 is 36.8. The van der Waals surface area contributed by atoms with Crippen molar-refractivity contribution >= 4 is 16.0 Å². The molecule has 0 aliphatic heterocycles. The number of sulfonamides is 1. The topological polar surface area (TPSA) is 103 Å². The van der Waals surface area contributed by atoms with Crippen molar-refractivity contribution in [3.8, 4) is 11.4 Å². The third-order valence-corrected chi connectivity index (χ3v) is 7.08. The molecule has 0 aliphatic rings. The van der Waals surface area contributed by atoms with E-state index in [-0.39, 0.29) is 23.8 Å². The molecule has 9 heteroatoms. The van der Waals surface area contributed by atoms with E-state index in [0.717, 1.165) is 16.7 Å². The lowest BCUT2D eigenvalue weighted by Gasteiger charge is -2.18. The van der Waals surface area contributed by atoms with E-state index >= 15 is 0 Å². The lowest BCUT2D eigenvalue weighted by molar-refractivity contribution is -0.145. The number of carbonyl (C=O) groups excluding carboxylic acids is 1. The summed E-state index contributed by atoms with van der Waals surface area (Å²) in [5.41, 5.74) is 2.80. The quantitative estimate of drug-likeness (QED) is 0.427. The van der Waals surface area contributed by atoms with Gasteiger partial charge in [0.2, 0.25) is 15.8 Å². The van der Waals surface area contributed by atoms with Crippen molar-refractivity contribution in [1.29, 1.82) is 0 Å². The highest BCUT2D eigenvalue weighted by atomic mass is 32.2. The number of aryl methyl sites for hydroxylation is 2. The summed E-state index contributed by atoms with van der Waals surface area (Å²) in [5.74, 6) is 0.260. The summed E-state index contributed by atoms with van der Waals surface area (Å²) in [4.78, 5) is 16.6. The van der Waals surface area contributed by atoms with E-state index in [1.807, 2.05) is 31.2 Å². The number of rotatable bonds is 10. The van der Waals surface area contributed by atoms with Gasteiger partial charge in [0.05, 0.1) is 4.90 Å². The van der Waals surface area contributed by atoms with E-state index < -0.39 is 16.0 Å². The molecule has 8 nitrogen and oxygen atoms in total. The molecule has 0 spiro atoms. The number of hydrogen-bond acceptors (Lipinski definition) is 7. The van der Waals surface area contributed by atoms with Gasteiger partial charge in [-0.1, -0.05) is 61.0 Å². The predicted octanol–water partition coefficient (Wildman–Crippen LogP) is 3.75. The maximum absolute atomic E-state index is 12.5. The fourth-order valence-electron chi connectivity index (χ4n) is 3.13. The summed E-state index contributed by atoms with van der Waals surface area (Å²) in [6.45, 7) is 6.33. The van der Waals surface area contributed by atoms with Crippen LogP contribution in [0.5, 0.6) is 0 Å². The molecule has 0 bridgehead atoms. The second-order valence-electron chi connectivity index (χ2n) is 7.27. The summed E-state index contributed by atoms with van der Waals surface area (Å²) in [6, 6.07) is 14.3. The van der Waals surface area contributed by atoms with Gasteiger partial charge in [0.25, 0.3) is 5.89 Å². The maximum Gasteiger partial charge on any atom is 0.306 e. The molecular weight excluding hydrogens is 430 g/mol. The van der Waals surface area contributed by atoms with Crippen LogP contribution >= 0.6 is 0 Å². The van der Waals surface area contributed by atoms with Crippen LogP contribution in [0.25, 0.3) is 11.4 Å². The first-order chi connectivity index (χ1) is 15.3. The van der Waals surface area contributed by atoms with Crippen molar-refractivity contribution in [2.24, 2.45) is 0 Å². The van der Waals surface area contributed by atoms with Crippen LogP contribution in [0.1, 0.15) is 37.3 Å². The molecule has 2 aromatic carbocycles. The molecule has 3 rings (SSSR count). The second-order valence-corrected chi connectivity index (χ2v) is 9.21. The Labute approximate surface area is 188 Å². The second kappa shape index (κ2) is 10.5. The standard InChI is InChI=1S/C23H27N3O5S/c1-4-26(5-2)32(28,29)20-13-8-18(9-14-20)10-15-22(27)30-16-21-24-23(25-31-21)19-11-6-17(3)7-12-19/h6-9,11-14H,4-5,10,15-16H2,1-3H3. The lowest BCUT2D eigenvalue weighted by atomic mass is 10.1. The molecule has 0 N–H and O–H groups in total. The highest BCUT2D eigenvalue weighted by Gasteiger charge is 2.21. The molecule has 1 heterocycles. The molecule has 0 unspecified atom stereocenters. The first-order valence-corrected chi connectivity index (χ1v) is 11.9. The molecule has 0 saturated carbocycles. The van der Waals surface area contributed by atoms with Gasteiger partial charge < -0.3 is 9.26 Å². The van der Waals surface area contributed by atoms with E-state index in [2.05, 4.69) is 10.1 Å². The fourth-order valence-corrected chi connectivity index (χ4v) is 4.59. The molecule has 0 radical (unpaired) electrons. The van der Waals surface area contributed by atoms with Crippen molar-refractivity contribution in [3.05, 3.63) is 65.5 Å². The molecule has 32 heavy (non-hydrogen) atoms.